The highest BCUT2D eigenvalue weighted by Gasteiger charge is 2.49. The largest absolute Gasteiger partial charge is 0.491 e. The number of rotatable bonds is 7. The van der Waals surface area contributed by atoms with Gasteiger partial charge in [-0.2, -0.15) is 23.1 Å². The number of halogens is 6. The minimum atomic E-state index is -4.90. The van der Waals surface area contributed by atoms with E-state index < -0.39 is 45.5 Å². The van der Waals surface area contributed by atoms with Crippen molar-refractivity contribution in [1.29, 1.82) is 0 Å². The summed E-state index contributed by atoms with van der Waals surface area (Å²) in [6, 6.07) is 0.757. The molecular formula is C30H35ClF5N7O2. The van der Waals surface area contributed by atoms with Gasteiger partial charge in [0.25, 0.3) is 0 Å². The highest BCUT2D eigenvalue weighted by atomic mass is 35.5. The molecule has 3 N–H and O–H groups in total. The molecule has 15 heteroatoms. The van der Waals surface area contributed by atoms with Gasteiger partial charge in [0.15, 0.2) is 11.6 Å². The standard InChI is InChI=1S/C30H35ClF5N7O2/c1-15-11-18(37)39-24(21(15)30(34,35)36)19-22(31)26-20-25(23(19)33)40-28(45-14-29-6-4-8-42(29)13-17(32)12-29)41-27(20)43(9-7-38-3)16(2)5-10-44-26/h11,16-17,38H,4-10,12-14H2,1-3H3,(H2,37,39)/t16-,17-,29+/m1/s1. The molecule has 0 bridgehead atoms. The van der Waals surface area contributed by atoms with E-state index in [-0.39, 0.29) is 59.1 Å². The lowest BCUT2D eigenvalue weighted by atomic mass is 9.95. The third-order valence-corrected chi connectivity index (χ3v) is 9.48. The molecule has 3 aromatic rings. The van der Waals surface area contributed by atoms with Gasteiger partial charge in [-0.05, 0) is 51.9 Å². The van der Waals surface area contributed by atoms with Crippen LogP contribution in [0.3, 0.4) is 0 Å². The monoisotopic (exact) mass is 655 g/mol. The Labute approximate surface area is 262 Å². The number of benzene rings is 1. The molecule has 3 atom stereocenters. The number of nitrogens with zero attached hydrogens (tertiary/aromatic N) is 5. The number of hydrogen-bond acceptors (Lipinski definition) is 9. The van der Waals surface area contributed by atoms with Crippen LogP contribution in [0.4, 0.5) is 33.6 Å². The molecule has 9 nitrogen and oxygen atoms in total. The van der Waals surface area contributed by atoms with Crippen molar-refractivity contribution in [2.75, 3.05) is 57.1 Å². The zero-order valence-electron chi connectivity index (χ0n) is 25.2. The first-order valence-corrected chi connectivity index (χ1v) is 15.4. The first-order valence-electron chi connectivity index (χ1n) is 15.0. The van der Waals surface area contributed by atoms with E-state index in [0.29, 0.717) is 32.5 Å². The van der Waals surface area contributed by atoms with Crippen LogP contribution in [0.2, 0.25) is 5.02 Å². The van der Waals surface area contributed by atoms with E-state index in [4.69, 9.17) is 31.8 Å². The van der Waals surface area contributed by atoms with Crippen molar-refractivity contribution < 1.29 is 31.4 Å². The number of aromatic nitrogens is 3. The van der Waals surface area contributed by atoms with Crippen LogP contribution in [0.1, 0.15) is 43.7 Å². The molecule has 1 aromatic carbocycles. The summed E-state index contributed by atoms with van der Waals surface area (Å²) >= 11 is 6.76. The van der Waals surface area contributed by atoms with E-state index in [2.05, 4.69) is 20.2 Å². The van der Waals surface area contributed by atoms with Gasteiger partial charge in [-0.25, -0.2) is 13.8 Å². The van der Waals surface area contributed by atoms with Crippen LogP contribution < -0.4 is 25.4 Å². The number of ether oxygens (including phenoxy) is 2. The van der Waals surface area contributed by atoms with Crippen molar-refractivity contribution in [3.05, 3.63) is 28.0 Å². The Morgan fingerprint density at radius 3 is 2.78 bits per heavy atom. The molecule has 45 heavy (non-hydrogen) atoms. The average Bonchev–Trinajstić information content (AvgIpc) is 3.47. The molecule has 0 saturated carbocycles. The molecule has 5 heterocycles. The Balaban J connectivity index is 1.59. The van der Waals surface area contributed by atoms with E-state index in [9.17, 15) is 17.6 Å². The molecule has 0 amide bonds. The minimum absolute atomic E-state index is 0.0578. The molecule has 3 aliphatic rings. The maximum atomic E-state index is 16.8. The summed E-state index contributed by atoms with van der Waals surface area (Å²) in [7, 11) is 1.80. The van der Waals surface area contributed by atoms with E-state index in [1.807, 2.05) is 11.8 Å². The molecule has 3 aliphatic heterocycles. The normalized spacial score (nSPS) is 23.6. The molecule has 244 valence electrons. The summed E-state index contributed by atoms with van der Waals surface area (Å²) in [5.74, 6) is -1.18. The molecule has 0 unspecified atom stereocenters. The predicted octanol–water partition coefficient (Wildman–Crippen LogP) is 5.55. The van der Waals surface area contributed by atoms with Gasteiger partial charge < -0.3 is 25.4 Å². The van der Waals surface area contributed by atoms with Gasteiger partial charge in [-0.3, -0.25) is 4.90 Å². The second kappa shape index (κ2) is 11.8. The third-order valence-electron chi connectivity index (χ3n) is 9.12. The maximum Gasteiger partial charge on any atom is 0.418 e. The van der Waals surface area contributed by atoms with Crippen molar-refractivity contribution >= 4 is 34.1 Å². The van der Waals surface area contributed by atoms with Crippen LogP contribution in [0.25, 0.3) is 22.2 Å². The molecule has 2 fully saturated rings. The van der Waals surface area contributed by atoms with Crippen LogP contribution in [-0.4, -0.2) is 84.0 Å². The Morgan fingerprint density at radius 1 is 1.27 bits per heavy atom. The van der Waals surface area contributed by atoms with Gasteiger partial charge in [0.05, 0.1) is 39.4 Å². The van der Waals surface area contributed by atoms with Crippen LogP contribution >= 0.6 is 11.6 Å². The number of fused-ring (bicyclic) bond motifs is 1. The van der Waals surface area contributed by atoms with Gasteiger partial charge in [-0.15, -0.1) is 0 Å². The fourth-order valence-corrected chi connectivity index (χ4v) is 7.31. The Kier molecular flexibility index (Phi) is 8.36. The van der Waals surface area contributed by atoms with Gasteiger partial charge >= 0.3 is 12.2 Å². The Morgan fingerprint density at radius 2 is 2.04 bits per heavy atom. The van der Waals surface area contributed by atoms with Crippen LogP contribution in [0.5, 0.6) is 11.8 Å². The first-order chi connectivity index (χ1) is 21.3. The quantitative estimate of drug-likeness (QED) is 0.318. The molecule has 0 radical (unpaired) electrons. The lowest BCUT2D eigenvalue weighted by Crippen LogP contribution is -2.43. The lowest BCUT2D eigenvalue weighted by Gasteiger charge is -2.34. The summed E-state index contributed by atoms with van der Waals surface area (Å²) < 4.78 is 86.6. The van der Waals surface area contributed by atoms with Crippen molar-refractivity contribution in [3.63, 3.8) is 0 Å². The summed E-state index contributed by atoms with van der Waals surface area (Å²) in [5.41, 5.74) is 2.17. The molecule has 2 aromatic heterocycles. The zero-order valence-corrected chi connectivity index (χ0v) is 26.0. The molecular weight excluding hydrogens is 621 g/mol. The van der Waals surface area contributed by atoms with E-state index >= 15 is 4.39 Å². The number of hydrogen-bond donors (Lipinski definition) is 2. The smallest absolute Gasteiger partial charge is 0.418 e. The SMILES string of the molecule is CNCCN1c2nc(OC[C@@]34CCCN3C[C@H](F)C4)nc3c(F)c(-c4nc(N)cc(C)c4C(F)(F)F)c(Cl)c(c23)OCC[C@H]1C. The molecule has 2 saturated heterocycles. The average molecular weight is 656 g/mol. The number of likely N-dealkylation sites (N-methyl/N-ethyl adjacent to an activating group) is 1. The first kappa shape index (κ1) is 31.7. The number of anilines is 2. The zero-order chi connectivity index (χ0) is 32.3. The maximum absolute atomic E-state index is 16.8. The number of aryl methyl sites for hydroxylation is 1. The van der Waals surface area contributed by atoms with Crippen LogP contribution in [-0.2, 0) is 6.18 Å². The van der Waals surface area contributed by atoms with Gasteiger partial charge in [0, 0.05) is 38.5 Å². The lowest BCUT2D eigenvalue weighted by molar-refractivity contribution is -0.137. The Hall–Kier alpha value is -3.23. The Bertz CT molecular complexity index is 1630. The number of pyridine rings is 1. The summed E-state index contributed by atoms with van der Waals surface area (Å²) in [4.78, 5) is 17.1. The highest BCUT2D eigenvalue weighted by Crippen LogP contribution is 2.50. The second-order valence-electron chi connectivity index (χ2n) is 12.1. The highest BCUT2D eigenvalue weighted by molar-refractivity contribution is 6.36. The molecule has 6 rings (SSSR count). The molecule has 0 spiro atoms. The van der Waals surface area contributed by atoms with Gasteiger partial charge in [0.2, 0.25) is 0 Å². The number of nitrogen functional groups attached to an aromatic ring is 1. The topological polar surface area (TPSA) is 102 Å². The summed E-state index contributed by atoms with van der Waals surface area (Å²) in [6.07, 6.45) is -3.47. The predicted molar refractivity (Wildman–Crippen MR) is 161 cm³/mol. The van der Waals surface area contributed by atoms with E-state index in [1.54, 1.807) is 7.05 Å². The third kappa shape index (κ3) is 5.58. The second-order valence-corrected chi connectivity index (χ2v) is 12.5. The van der Waals surface area contributed by atoms with Crippen molar-refractivity contribution in [1.82, 2.24) is 25.2 Å². The van der Waals surface area contributed by atoms with Crippen molar-refractivity contribution in [2.45, 2.75) is 63.5 Å². The van der Waals surface area contributed by atoms with Crippen LogP contribution in [0.15, 0.2) is 6.07 Å². The number of nitrogens with one attached hydrogen (secondary N) is 1. The fourth-order valence-electron chi connectivity index (χ4n) is 6.99. The van der Waals surface area contributed by atoms with E-state index in [0.717, 1.165) is 25.5 Å². The summed E-state index contributed by atoms with van der Waals surface area (Å²) in [6.45, 7) is 5.47. The molecule has 0 aliphatic carbocycles. The number of nitrogens with two attached hydrogens (primary N) is 1. The number of alkyl halides is 4. The van der Waals surface area contributed by atoms with Crippen LogP contribution in [0, 0.1) is 12.7 Å². The van der Waals surface area contributed by atoms with Crippen molar-refractivity contribution in [2.24, 2.45) is 0 Å². The minimum Gasteiger partial charge on any atom is -0.491 e. The van der Waals surface area contributed by atoms with Crippen molar-refractivity contribution in [3.8, 4) is 23.0 Å². The summed E-state index contributed by atoms with van der Waals surface area (Å²) in [5, 5.41) is 2.81. The van der Waals surface area contributed by atoms with E-state index in [1.165, 1.54) is 6.92 Å². The fraction of sp³-hybridized carbons (Fsp3) is 0.567. The van der Waals surface area contributed by atoms with Gasteiger partial charge in [-0.1, -0.05) is 11.6 Å². The van der Waals surface area contributed by atoms with Gasteiger partial charge in [0.1, 0.15) is 29.9 Å².